The van der Waals surface area contributed by atoms with Crippen LogP contribution in [0.2, 0.25) is 0 Å². The summed E-state index contributed by atoms with van der Waals surface area (Å²) in [6.45, 7) is 7.47. The molecule has 4 heteroatoms. The van der Waals surface area contributed by atoms with Gasteiger partial charge in [0.1, 0.15) is 0 Å². The molecule has 1 N–H and O–H groups in total. The first-order valence-corrected chi connectivity index (χ1v) is 7.28. The Labute approximate surface area is 120 Å². The number of rotatable bonds is 4. The number of benzene rings is 1. The van der Waals surface area contributed by atoms with E-state index in [1.165, 1.54) is 18.4 Å². The standard InChI is InChI=1S/C16H22N4/c1-16(2,3)12-4-8-15(9-5-12)20-11-14(18-19-20)10-17-13-6-7-13/h4-5,8-9,11,13,17H,6-7,10H2,1-3H3. The van der Waals surface area contributed by atoms with Gasteiger partial charge in [-0.15, -0.1) is 5.10 Å². The summed E-state index contributed by atoms with van der Waals surface area (Å²) in [6.07, 6.45) is 4.59. The second-order valence-corrected chi connectivity index (χ2v) is 6.61. The molecule has 0 aliphatic heterocycles. The average molecular weight is 270 g/mol. The van der Waals surface area contributed by atoms with Gasteiger partial charge in [-0.25, -0.2) is 4.68 Å². The predicted molar refractivity (Wildman–Crippen MR) is 79.9 cm³/mol. The third-order valence-electron chi connectivity index (χ3n) is 3.69. The summed E-state index contributed by atoms with van der Waals surface area (Å²) in [6, 6.07) is 9.24. The molecule has 1 heterocycles. The van der Waals surface area contributed by atoms with E-state index in [2.05, 4.69) is 60.7 Å². The molecule has 1 fully saturated rings. The summed E-state index contributed by atoms with van der Waals surface area (Å²) < 4.78 is 1.84. The second kappa shape index (κ2) is 5.02. The van der Waals surface area contributed by atoms with Gasteiger partial charge < -0.3 is 5.32 Å². The number of hydrogen-bond donors (Lipinski definition) is 1. The van der Waals surface area contributed by atoms with Crippen molar-refractivity contribution in [2.24, 2.45) is 0 Å². The van der Waals surface area contributed by atoms with Crippen LogP contribution in [0.4, 0.5) is 0 Å². The highest BCUT2D eigenvalue weighted by Crippen LogP contribution is 2.23. The Balaban J connectivity index is 1.71. The average Bonchev–Trinajstić information content (AvgIpc) is 3.13. The van der Waals surface area contributed by atoms with Crippen molar-refractivity contribution in [1.29, 1.82) is 0 Å². The Bertz CT molecular complexity index is 573. The minimum atomic E-state index is 0.181. The fraction of sp³-hybridized carbons (Fsp3) is 0.500. The van der Waals surface area contributed by atoms with E-state index in [0.717, 1.165) is 17.9 Å². The lowest BCUT2D eigenvalue weighted by Gasteiger charge is -2.18. The Kier molecular flexibility index (Phi) is 3.34. The molecule has 2 aromatic rings. The normalized spacial score (nSPS) is 15.6. The van der Waals surface area contributed by atoms with Crippen molar-refractivity contribution in [3.8, 4) is 5.69 Å². The van der Waals surface area contributed by atoms with E-state index < -0.39 is 0 Å². The third-order valence-corrected chi connectivity index (χ3v) is 3.69. The summed E-state index contributed by atoms with van der Waals surface area (Å²) in [7, 11) is 0. The Morgan fingerprint density at radius 2 is 1.90 bits per heavy atom. The molecule has 1 aromatic carbocycles. The van der Waals surface area contributed by atoms with E-state index in [-0.39, 0.29) is 5.41 Å². The van der Waals surface area contributed by atoms with Gasteiger partial charge in [-0.3, -0.25) is 0 Å². The molecule has 1 saturated carbocycles. The minimum absolute atomic E-state index is 0.181. The van der Waals surface area contributed by atoms with Gasteiger partial charge in [0.2, 0.25) is 0 Å². The zero-order valence-corrected chi connectivity index (χ0v) is 12.4. The van der Waals surface area contributed by atoms with Crippen LogP contribution in [-0.2, 0) is 12.0 Å². The van der Waals surface area contributed by atoms with Crippen molar-refractivity contribution >= 4 is 0 Å². The second-order valence-electron chi connectivity index (χ2n) is 6.61. The number of nitrogens with zero attached hydrogens (tertiary/aromatic N) is 3. The van der Waals surface area contributed by atoms with Crippen LogP contribution in [0.15, 0.2) is 30.5 Å². The molecule has 3 rings (SSSR count). The lowest BCUT2D eigenvalue weighted by atomic mass is 9.87. The minimum Gasteiger partial charge on any atom is -0.308 e. The Morgan fingerprint density at radius 3 is 2.50 bits per heavy atom. The monoisotopic (exact) mass is 270 g/mol. The first-order valence-electron chi connectivity index (χ1n) is 7.28. The fourth-order valence-corrected chi connectivity index (χ4v) is 2.16. The topological polar surface area (TPSA) is 42.7 Å². The highest BCUT2D eigenvalue weighted by atomic mass is 15.4. The van der Waals surface area contributed by atoms with Crippen LogP contribution in [-0.4, -0.2) is 21.0 Å². The molecule has 0 spiro atoms. The van der Waals surface area contributed by atoms with Crippen LogP contribution in [0.25, 0.3) is 5.69 Å². The van der Waals surface area contributed by atoms with Gasteiger partial charge >= 0.3 is 0 Å². The molecule has 0 bridgehead atoms. The molecule has 4 nitrogen and oxygen atoms in total. The molecule has 106 valence electrons. The van der Waals surface area contributed by atoms with Crippen molar-refractivity contribution in [2.45, 2.75) is 51.6 Å². The lowest BCUT2D eigenvalue weighted by molar-refractivity contribution is 0.590. The van der Waals surface area contributed by atoms with E-state index in [4.69, 9.17) is 0 Å². The van der Waals surface area contributed by atoms with Crippen LogP contribution in [0.3, 0.4) is 0 Å². The molecule has 1 aromatic heterocycles. The zero-order valence-electron chi connectivity index (χ0n) is 12.4. The van der Waals surface area contributed by atoms with Gasteiger partial charge in [-0.05, 0) is 36.0 Å². The van der Waals surface area contributed by atoms with Gasteiger partial charge in [-0.2, -0.15) is 0 Å². The van der Waals surface area contributed by atoms with E-state index in [1.807, 2.05) is 10.9 Å². The van der Waals surface area contributed by atoms with Gasteiger partial charge in [0.15, 0.2) is 0 Å². The first kappa shape index (κ1) is 13.3. The number of hydrogen-bond acceptors (Lipinski definition) is 3. The van der Waals surface area contributed by atoms with Crippen LogP contribution >= 0.6 is 0 Å². The quantitative estimate of drug-likeness (QED) is 0.929. The first-order chi connectivity index (χ1) is 9.52. The van der Waals surface area contributed by atoms with E-state index in [9.17, 15) is 0 Å². The fourth-order valence-electron chi connectivity index (χ4n) is 2.16. The maximum absolute atomic E-state index is 4.21. The van der Waals surface area contributed by atoms with Gasteiger partial charge in [0.25, 0.3) is 0 Å². The van der Waals surface area contributed by atoms with E-state index in [0.29, 0.717) is 6.04 Å². The third kappa shape index (κ3) is 3.07. The zero-order chi connectivity index (χ0) is 14.2. The SMILES string of the molecule is CC(C)(C)c1ccc(-n2cc(CNC3CC3)nn2)cc1. The van der Waals surface area contributed by atoms with Crippen molar-refractivity contribution in [1.82, 2.24) is 20.3 Å². The Morgan fingerprint density at radius 1 is 1.20 bits per heavy atom. The van der Waals surface area contributed by atoms with Crippen molar-refractivity contribution in [3.05, 3.63) is 41.7 Å². The van der Waals surface area contributed by atoms with Gasteiger partial charge in [0, 0.05) is 12.6 Å². The van der Waals surface area contributed by atoms with Crippen LogP contribution in [0, 0.1) is 0 Å². The molecule has 1 aliphatic rings. The van der Waals surface area contributed by atoms with Crippen LogP contribution < -0.4 is 5.32 Å². The molecule has 0 unspecified atom stereocenters. The summed E-state index contributed by atoms with van der Waals surface area (Å²) in [4.78, 5) is 0. The maximum atomic E-state index is 4.21. The maximum Gasteiger partial charge on any atom is 0.0969 e. The number of nitrogens with one attached hydrogen (secondary N) is 1. The van der Waals surface area contributed by atoms with E-state index in [1.54, 1.807) is 0 Å². The molecule has 0 radical (unpaired) electrons. The summed E-state index contributed by atoms with van der Waals surface area (Å²) in [5.41, 5.74) is 3.57. The summed E-state index contributed by atoms with van der Waals surface area (Å²) in [5, 5.41) is 11.9. The molecule has 0 amide bonds. The van der Waals surface area contributed by atoms with Crippen LogP contribution in [0.1, 0.15) is 44.9 Å². The molecule has 0 atom stereocenters. The van der Waals surface area contributed by atoms with E-state index >= 15 is 0 Å². The van der Waals surface area contributed by atoms with Crippen molar-refractivity contribution < 1.29 is 0 Å². The number of aromatic nitrogens is 3. The van der Waals surface area contributed by atoms with Gasteiger partial charge in [-0.1, -0.05) is 38.1 Å². The highest BCUT2D eigenvalue weighted by Gasteiger charge is 2.20. The largest absolute Gasteiger partial charge is 0.308 e. The van der Waals surface area contributed by atoms with Crippen molar-refractivity contribution in [2.75, 3.05) is 0 Å². The summed E-state index contributed by atoms with van der Waals surface area (Å²) in [5.74, 6) is 0. The lowest BCUT2D eigenvalue weighted by Crippen LogP contribution is -2.15. The molecular formula is C16H22N4. The molecular weight excluding hydrogens is 248 g/mol. The smallest absolute Gasteiger partial charge is 0.0969 e. The van der Waals surface area contributed by atoms with Crippen molar-refractivity contribution in [3.63, 3.8) is 0 Å². The predicted octanol–water partition coefficient (Wildman–Crippen LogP) is 2.82. The van der Waals surface area contributed by atoms with Crippen LogP contribution in [0.5, 0.6) is 0 Å². The summed E-state index contributed by atoms with van der Waals surface area (Å²) >= 11 is 0. The molecule has 0 saturated heterocycles. The highest BCUT2D eigenvalue weighted by molar-refractivity contribution is 5.36. The Hall–Kier alpha value is -1.68. The molecule has 1 aliphatic carbocycles. The molecule has 20 heavy (non-hydrogen) atoms. The van der Waals surface area contributed by atoms with Gasteiger partial charge in [0.05, 0.1) is 17.6 Å².